The Morgan fingerprint density at radius 2 is 1.86 bits per heavy atom. The van der Waals surface area contributed by atoms with Crippen LogP contribution >= 0.6 is 24.0 Å². The molecule has 154 valence electrons. The summed E-state index contributed by atoms with van der Waals surface area (Å²) in [4.78, 5) is 6.64. The molecule has 2 rings (SSSR count). The van der Waals surface area contributed by atoms with E-state index in [9.17, 15) is 5.11 Å². The molecule has 1 atom stereocenters. The lowest BCUT2D eigenvalue weighted by molar-refractivity contribution is 0.181. The molecule has 2 N–H and O–H groups in total. The molecule has 0 radical (unpaired) electrons. The van der Waals surface area contributed by atoms with Gasteiger partial charge in [-0.15, -0.1) is 24.0 Å². The third-order valence-electron chi connectivity index (χ3n) is 4.17. The van der Waals surface area contributed by atoms with Crippen LogP contribution in [0.2, 0.25) is 0 Å². The molecule has 1 unspecified atom stereocenters. The van der Waals surface area contributed by atoms with Crippen molar-refractivity contribution in [3.63, 3.8) is 0 Å². The second-order valence-corrected chi connectivity index (χ2v) is 6.16. The van der Waals surface area contributed by atoms with Gasteiger partial charge in [0.25, 0.3) is 0 Å². The number of halogens is 1. The van der Waals surface area contributed by atoms with Crippen molar-refractivity contribution in [2.24, 2.45) is 4.99 Å². The average molecular weight is 499 g/mol. The molecule has 0 aromatic heterocycles. The molecule has 2 aromatic carbocycles. The van der Waals surface area contributed by atoms with E-state index < -0.39 is 6.10 Å². The molecule has 0 bridgehead atoms. The average Bonchev–Trinajstić information content (AvgIpc) is 2.70. The minimum Gasteiger partial charge on any atom is -0.497 e. The second kappa shape index (κ2) is 12.5. The molecule has 0 amide bonds. The van der Waals surface area contributed by atoms with E-state index in [1.165, 1.54) is 5.56 Å². The van der Waals surface area contributed by atoms with Gasteiger partial charge in [0.1, 0.15) is 17.6 Å². The van der Waals surface area contributed by atoms with Gasteiger partial charge in [0, 0.05) is 25.7 Å². The van der Waals surface area contributed by atoms with E-state index in [2.05, 4.69) is 22.4 Å². The Balaban J connectivity index is 0.00000392. The van der Waals surface area contributed by atoms with Crippen molar-refractivity contribution in [3.8, 4) is 11.5 Å². The highest BCUT2D eigenvalue weighted by Gasteiger charge is 2.15. The van der Waals surface area contributed by atoms with Crippen molar-refractivity contribution in [1.29, 1.82) is 0 Å². The van der Waals surface area contributed by atoms with E-state index in [-0.39, 0.29) is 30.5 Å². The van der Waals surface area contributed by atoms with E-state index in [0.717, 1.165) is 19.0 Å². The summed E-state index contributed by atoms with van der Waals surface area (Å²) >= 11 is 0. The van der Waals surface area contributed by atoms with Gasteiger partial charge in [-0.05, 0) is 30.7 Å². The Bertz CT molecular complexity index is 741. The SMILES string of the molecule is CCNC(=NCC(O)c1cc(OC)ccc1OC)N(C)Cc1ccccc1.I. The number of methoxy groups -OCH3 is 2. The monoisotopic (exact) mass is 499 g/mol. The molecular formula is C21H30IN3O3. The van der Waals surface area contributed by atoms with Gasteiger partial charge in [0.2, 0.25) is 0 Å². The number of benzene rings is 2. The van der Waals surface area contributed by atoms with Crippen LogP contribution in [0.3, 0.4) is 0 Å². The number of nitrogens with one attached hydrogen (secondary N) is 1. The topological polar surface area (TPSA) is 66.3 Å². The molecule has 0 aliphatic heterocycles. The lowest BCUT2D eigenvalue weighted by Gasteiger charge is -2.23. The van der Waals surface area contributed by atoms with Crippen molar-refractivity contribution in [2.75, 3.05) is 34.4 Å². The third-order valence-corrected chi connectivity index (χ3v) is 4.17. The van der Waals surface area contributed by atoms with Crippen LogP contribution in [0.4, 0.5) is 0 Å². The van der Waals surface area contributed by atoms with Crippen molar-refractivity contribution < 1.29 is 14.6 Å². The first kappa shape index (κ1) is 24.0. The predicted molar refractivity (Wildman–Crippen MR) is 124 cm³/mol. The van der Waals surface area contributed by atoms with E-state index in [0.29, 0.717) is 17.1 Å². The first-order valence-electron chi connectivity index (χ1n) is 9.02. The fourth-order valence-corrected chi connectivity index (χ4v) is 2.77. The maximum Gasteiger partial charge on any atom is 0.194 e. The highest BCUT2D eigenvalue weighted by Crippen LogP contribution is 2.29. The minimum absolute atomic E-state index is 0. The molecule has 0 spiro atoms. The van der Waals surface area contributed by atoms with Crippen LogP contribution in [0, 0.1) is 0 Å². The van der Waals surface area contributed by atoms with Gasteiger partial charge in [-0.25, -0.2) is 0 Å². The van der Waals surface area contributed by atoms with Crippen molar-refractivity contribution in [3.05, 3.63) is 59.7 Å². The Kier molecular flexibility index (Phi) is 10.7. The molecule has 0 aliphatic rings. The molecule has 0 saturated heterocycles. The summed E-state index contributed by atoms with van der Waals surface area (Å²) in [6.45, 7) is 3.71. The maximum absolute atomic E-state index is 10.7. The number of aliphatic hydroxyl groups is 1. The summed E-state index contributed by atoms with van der Waals surface area (Å²) in [5.74, 6) is 2.02. The van der Waals surface area contributed by atoms with Gasteiger partial charge in [-0.3, -0.25) is 4.99 Å². The summed E-state index contributed by atoms with van der Waals surface area (Å²) < 4.78 is 10.6. The lowest BCUT2D eigenvalue weighted by atomic mass is 10.1. The van der Waals surface area contributed by atoms with Crippen molar-refractivity contribution in [2.45, 2.75) is 19.6 Å². The number of guanidine groups is 1. The minimum atomic E-state index is -0.797. The number of aliphatic hydroxyl groups excluding tert-OH is 1. The summed E-state index contributed by atoms with van der Waals surface area (Å²) in [6, 6.07) is 15.6. The van der Waals surface area contributed by atoms with Crippen molar-refractivity contribution in [1.82, 2.24) is 10.2 Å². The number of rotatable bonds is 8. The molecule has 0 saturated carbocycles. The molecule has 0 fully saturated rings. The van der Waals surface area contributed by atoms with E-state index in [1.54, 1.807) is 32.4 Å². The van der Waals surface area contributed by atoms with Gasteiger partial charge in [-0.2, -0.15) is 0 Å². The largest absolute Gasteiger partial charge is 0.497 e. The molecule has 0 aliphatic carbocycles. The van der Waals surface area contributed by atoms with Gasteiger partial charge in [0.15, 0.2) is 5.96 Å². The predicted octanol–water partition coefficient (Wildman–Crippen LogP) is 3.45. The van der Waals surface area contributed by atoms with Crippen LogP contribution in [0.1, 0.15) is 24.2 Å². The fraction of sp³-hybridized carbons (Fsp3) is 0.381. The zero-order valence-corrected chi connectivity index (χ0v) is 19.2. The third kappa shape index (κ3) is 6.87. The first-order valence-corrected chi connectivity index (χ1v) is 9.02. The fourth-order valence-electron chi connectivity index (χ4n) is 2.77. The van der Waals surface area contributed by atoms with Crippen LogP contribution in [0.25, 0.3) is 0 Å². The zero-order valence-electron chi connectivity index (χ0n) is 16.9. The number of nitrogens with zero attached hydrogens (tertiary/aromatic N) is 2. The molecule has 0 heterocycles. The van der Waals surface area contributed by atoms with E-state index >= 15 is 0 Å². The van der Waals surface area contributed by atoms with Crippen LogP contribution in [0.5, 0.6) is 11.5 Å². The Hall–Kier alpha value is -2.00. The van der Waals surface area contributed by atoms with Gasteiger partial charge >= 0.3 is 0 Å². The standard InChI is InChI=1S/C21H29N3O3.HI/c1-5-22-21(24(2)15-16-9-7-6-8-10-16)23-14-19(25)18-13-17(26-3)11-12-20(18)27-4;/h6-13,19,25H,5,14-15H2,1-4H3,(H,22,23);1H. The van der Waals surface area contributed by atoms with Gasteiger partial charge < -0.3 is 24.8 Å². The lowest BCUT2D eigenvalue weighted by Crippen LogP contribution is -2.38. The van der Waals surface area contributed by atoms with Crippen LogP contribution in [-0.4, -0.2) is 50.3 Å². The zero-order chi connectivity index (χ0) is 19.6. The van der Waals surface area contributed by atoms with Crippen molar-refractivity contribution >= 4 is 29.9 Å². The molecule has 28 heavy (non-hydrogen) atoms. The summed E-state index contributed by atoms with van der Waals surface area (Å²) in [5.41, 5.74) is 1.85. The molecule has 2 aromatic rings. The Morgan fingerprint density at radius 1 is 1.14 bits per heavy atom. The molecule has 7 heteroatoms. The van der Waals surface area contributed by atoms with Gasteiger partial charge in [0.05, 0.1) is 20.8 Å². The first-order chi connectivity index (χ1) is 13.1. The quantitative estimate of drug-likeness (QED) is 0.331. The summed E-state index contributed by atoms with van der Waals surface area (Å²) in [5, 5.41) is 13.9. The Morgan fingerprint density at radius 3 is 2.46 bits per heavy atom. The molecule has 6 nitrogen and oxygen atoms in total. The van der Waals surface area contributed by atoms with E-state index in [4.69, 9.17) is 9.47 Å². The maximum atomic E-state index is 10.7. The van der Waals surface area contributed by atoms with Crippen LogP contribution in [-0.2, 0) is 6.54 Å². The van der Waals surface area contributed by atoms with Crippen LogP contribution in [0.15, 0.2) is 53.5 Å². The number of hydrogen-bond acceptors (Lipinski definition) is 4. The highest BCUT2D eigenvalue weighted by molar-refractivity contribution is 14.0. The highest BCUT2D eigenvalue weighted by atomic mass is 127. The van der Waals surface area contributed by atoms with E-state index in [1.807, 2.05) is 37.1 Å². The normalized spacial score (nSPS) is 12.0. The smallest absolute Gasteiger partial charge is 0.194 e. The summed E-state index contributed by atoms with van der Waals surface area (Å²) in [6.07, 6.45) is -0.797. The molecular weight excluding hydrogens is 469 g/mol. The summed E-state index contributed by atoms with van der Waals surface area (Å²) in [7, 11) is 5.16. The Labute approximate surface area is 184 Å². The van der Waals surface area contributed by atoms with Gasteiger partial charge in [-0.1, -0.05) is 30.3 Å². The van der Waals surface area contributed by atoms with Crippen LogP contribution < -0.4 is 14.8 Å². The number of hydrogen-bond donors (Lipinski definition) is 2. The number of aliphatic imine (C=N–C) groups is 1. The second-order valence-electron chi connectivity index (χ2n) is 6.16. The number of ether oxygens (including phenoxy) is 2.